The molecule has 2 aliphatic heterocycles. The number of anilines is 1. The number of rotatable bonds is 20. The number of hydrogen-bond donors (Lipinski definition) is 4. The number of ether oxygens (including phenoxy) is 2. The summed E-state index contributed by atoms with van der Waals surface area (Å²) < 4.78 is 67.8. The second kappa shape index (κ2) is 20.9. The minimum Gasteiger partial charge on any atom is -0.408 e. The van der Waals surface area contributed by atoms with Gasteiger partial charge in [0.05, 0.1) is 63.5 Å². The van der Waals surface area contributed by atoms with Gasteiger partial charge in [0.1, 0.15) is 36.4 Å². The summed E-state index contributed by atoms with van der Waals surface area (Å²) in [6.45, 7) is 14.6. The van der Waals surface area contributed by atoms with Gasteiger partial charge in [-0.15, -0.1) is 0 Å². The Kier molecular flexibility index (Phi) is 15.6. The summed E-state index contributed by atoms with van der Waals surface area (Å²) in [7, 11) is -7.89. The lowest BCUT2D eigenvalue weighted by Gasteiger charge is -2.41. The van der Waals surface area contributed by atoms with E-state index in [1.807, 2.05) is 26.1 Å². The summed E-state index contributed by atoms with van der Waals surface area (Å²) in [6, 6.07) is 8.82. The van der Waals surface area contributed by atoms with E-state index in [0.717, 1.165) is 0 Å². The second-order valence-corrected chi connectivity index (χ2v) is 25.4. The lowest BCUT2D eigenvalue weighted by molar-refractivity contribution is -0.121. The zero-order valence-corrected chi connectivity index (χ0v) is 41.7. The number of amides is 1. The normalized spacial score (nSPS) is 24.2. The highest BCUT2D eigenvalue weighted by molar-refractivity contribution is 7.51. The molecule has 364 valence electrons. The van der Waals surface area contributed by atoms with Gasteiger partial charge in [-0.2, -0.15) is 5.26 Å². The van der Waals surface area contributed by atoms with Crippen molar-refractivity contribution in [2.24, 2.45) is 17.6 Å². The van der Waals surface area contributed by atoms with E-state index in [4.69, 9.17) is 33.2 Å². The van der Waals surface area contributed by atoms with Crippen molar-refractivity contribution in [2.45, 2.75) is 115 Å². The van der Waals surface area contributed by atoms with Gasteiger partial charge in [-0.3, -0.25) is 37.1 Å². The molecule has 1 aromatic carbocycles. The van der Waals surface area contributed by atoms with Crippen molar-refractivity contribution in [1.82, 2.24) is 44.1 Å². The zero-order valence-electron chi connectivity index (χ0n) is 38.9. The van der Waals surface area contributed by atoms with Gasteiger partial charge in [0.2, 0.25) is 0 Å². The molecule has 26 heteroatoms. The van der Waals surface area contributed by atoms with Crippen LogP contribution in [0.2, 0.25) is 18.1 Å². The minimum absolute atomic E-state index is 0.0438. The molecule has 2 aliphatic rings. The molecule has 0 radical (unpaired) electrons. The Morgan fingerprint density at radius 2 is 1.71 bits per heavy atom. The van der Waals surface area contributed by atoms with Gasteiger partial charge in [-0.25, -0.2) is 39.1 Å². The molecular formula is C42H56N12O11P2Si. The van der Waals surface area contributed by atoms with E-state index in [0.29, 0.717) is 5.56 Å². The van der Waals surface area contributed by atoms with Crippen LogP contribution in [0, 0.1) is 23.2 Å². The number of aromatic nitrogens is 8. The van der Waals surface area contributed by atoms with Crippen LogP contribution in [0.4, 0.5) is 5.82 Å². The van der Waals surface area contributed by atoms with Crippen molar-refractivity contribution >= 4 is 64.6 Å². The smallest absolute Gasteiger partial charge is 0.406 e. The van der Waals surface area contributed by atoms with Gasteiger partial charge in [-0.05, 0) is 30.3 Å². The largest absolute Gasteiger partial charge is 0.408 e. The van der Waals surface area contributed by atoms with Gasteiger partial charge in [-0.1, -0.05) is 59.7 Å². The number of hydrogen-bond acceptors (Lipinski definition) is 18. The average Bonchev–Trinajstić information content (AvgIpc) is 4.06. The first-order valence-corrected chi connectivity index (χ1v) is 27.2. The number of nitrogens with one attached hydrogen (secondary N) is 3. The van der Waals surface area contributed by atoms with E-state index in [2.05, 4.69) is 61.1 Å². The molecule has 2 saturated heterocycles. The summed E-state index contributed by atoms with van der Waals surface area (Å²) in [5, 5.41) is 15.0. The van der Waals surface area contributed by atoms with Crippen LogP contribution in [-0.4, -0.2) is 109 Å². The van der Waals surface area contributed by atoms with Crippen LogP contribution in [0.3, 0.4) is 0 Å². The van der Waals surface area contributed by atoms with Gasteiger partial charge in [0.25, 0.3) is 11.5 Å². The molecule has 0 saturated carbocycles. The van der Waals surface area contributed by atoms with Crippen molar-refractivity contribution < 1.29 is 46.2 Å². The van der Waals surface area contributed by atoms with Gasteiger partial charge in [0, 0.05) is 23.4 Å². The summed E-state index contributed by atoms with van der Waals surface area (Å²) in [5.41, 5.74) is 7.38. The molecule has 1 amide bonds. The lowest BCUT2D eigenvalue weighted by Crippen LogP contribution is -2.52. The van der Waals surface area contributed by atoms with E-state index < -0.39 is 85.0 Å². The molecule has 4 aromatic heterocycles. The molecule has 5 aromatic rings. The van der Waals surface area contributed by atoms with Crippen molar-refractivity contribution in [3.63, 3.8) is 0 Å². The predicted octanol–water partition coefficient (Wildman–Crippen LogP) is 5.36. The number of nitrogens with zero attached hydrogens (tertiary/aromatic N) is 8. The Morgan fingerprint density at radius 1 is 1.01 bits per heavy atom. The number of aromatic amines is 1. The predicted molar refractivity (Wildman–Crippen MR) is 249 cm³/mol. The molecular weight excluding hydrogens is 939 g/mol. The SMILES string of the molecule is CC(C)C(=O)Cc1nc2c(ncn2[C@@H]2O[C@H](COP(=O)(N[C@H]3[C@@H](O[Si](C)(C)C(C)(C)C)[C@H](n4cnc5c(NC(=O)c6ccccc6)ncnc54)O[C@@H]3COP=O)OCCC#N)[C@@H](N)[C@H]2C)c(=O)[nH]1. The van der Waals surface area contributed by atoms with Crippen molar-refractivity contribution in [2.75, 3.05) is 25.1 Å². The molecule has 0 aliphatic carbocycles. The number of fused-ring (bicyclic) bond motifs is 2. The molecule has 68 heavy (non-hydrogen) atoms. The van der Waals surface area contributed by atoms with Gasteiger partial charge in [0.15, 0.2) is 42.7 Å². The topological polar surface area (TPSA) is 305 Å². The number of nitriles is 1. The minimum atomic E-state index is -4.49. The first-order chi connectivity index (χ1) is 32.3. The number of carbonyl (C=O) groups is 2. The second-order valence-electron chi connectivity index (χ2n) is 18.5. The Morgan fingerprint density at radius 3 is 2.38 bits per heavy atom. The van der Waals surface area contributed by atoms with Crippen LogP contribution >= 0.6 is 16.4 Å². The maximum Gasteiger partial charge on any atom is 0.406 e. The molecule has 5 N–H and O–H groups in total. The van der Waals surface area contributed by atoms with Gasteiger partial charge < -0.3 is 29.9 Å². The van der Waals surface area contributed by atoms with E-state index >= 15 is 4.57 Å². The van der Waals surface area contributed by atoms with Crippen molar-refractivity contribution in [3.05, 3.63) is 71.1 Å². The number of benzene rings is 1. The highest BCUT2D eigenvalue weighted by Crippen LogP contribution is 2.50. The highest BCUT2D eigenvalue weighted by Gasteiger charge is 2.54. The molecule has 0 bridgehead atoms. The van der Waals surface area contributed by atoms with Crippen LogP contribution < -0.4 is 21.7 Å². The third-order valence-electron chi connectivity index (χ3n) is 12.5. The molecule has 23 nitrogen and oxygen atoms in total. The Balaban J connectivity index is 1.19. The summed E-state index contributed by atoms with van der Waals surface area (Å²) in [5.74, 6) is -0.892. The molecule has 0 spiro atoms. The maximum atomic E-state index is 15.1. The molecule has 7 rings (SSSR count). The summed E-state index contributed by atoms with van der Waals surface area (Å²) in [4.78, 5) is 63.6. The third kappa shape index (κ3) is 10.9. The van der Waals surface area contributed by atoms with Gasteiger partial charge >= 0.3 is 16.4 Å². The summed E-state index contributed by atoms with van der Waals surface area (Å²) in [6.07, 6.45) is -0.850. The Labute approximate surface area is 394 Å². The quantitative estimate of drug-likeness (QED) is 0.0433. The van der Waals surface area contributed by atoms with Crippen LogP contribution in [0.5, 0.6) is 0 Å². The van der Waals surface area contributed by atoms with E-state index in [9.17, 15) is 24.2 Å². The fourth-order valence-corrected chi connectivity index (χ4v) is 10.7. The first-order valence-electron chi connectivity index (χ1n) is 22.0. The lowest BCUT2D eigenvalue weighted by atomic mass is 10.0. The van der Waals surface area contributed by atoms with Crippen LogP contribution in [0.25, 0.3) is 22.3 Å². The summed E-state index contributed by atoms with van der Waals surface area (Å²) >= 11 is 0. The fourth-order valence-electron chi connectivity index (χ4n) is 7.58. The highest BCUT2D eigenvalue weighted by atomic mass is 31.2. The van der Waals surface area contributed by atoms with Crippen LogP contribution in [-0.2, 0) is 47.8 Å². The Hall–Kier alpha value is -5.02. The van der Waals surface area contributed by atoms with E-state index in [1.165, 1.54) is 19.0 Å². The number of H-pyrrole nitrogens is 1. The molecule has 6 heterocycles. The maximum absolute atomic E-state index is 15.1. The number of Topliss-reactive ketones (excluding diaryl/α,β-unsaturated/α-hetero) is 1. The number of imidazole rings is 2. The monoisotopic (exact) mass is 994 g/mol. The van der Waals surface area contributed by atoms with Crippen molar-refractivity contribution in [3.8, 4) is 6.07 Å². The van der Waals surface area contributed by atoms with Crippen molar-refractivity contribution in [1.29, 1.82) is 5.26 Å². The number of carbonyl (C=O) groups excluding carboxylic acids is 2. The van der Waals surface area contributed by atoms with E-state index in [-0.39, 0.29) is 83.4 Å². The first kappa shape index (κ1) is 50.8. The molecule has 9 atom stereocenters. The average molecular weight is 995 g/mol. The van der Waals surface area contributed by atoms with Crippen LogP contribution in [0.15, 0.2) is 54.1 Å². The number of ketones is 1. The fraction of sp³-hybridized carbons (Fsp3) is 0.548. The third-order valence-corrected chi connectivity index (χ3v) is 18.9. The van der Waals surface area contributed by atoms with Crippen LogP contribution in [0.1, 0.15) is 76.6 Å². The molecule has 2 fully saturated rings. The zero-order chi connectivity index (χ0) is 49.1. The Bertz CT molecular complexity index is 2780. The number of nitrogens with two attached hydrogens (primary N) is 1. The van der Waals surface area contributed by atoms with E-state index in [1.54, 1.807) is 53.3 Å². The standard InChI is InChI=1S/C42H56N12O11P2Si/c1-23(2)26(55)17-29-49-37-33(39(57)50-29)48-22-54(37)40-24(3)30(44)27(63-40)19-62-67(59,61-16-12-15-43)52-31-28(18-60-66-58)64-41(34(31)65-68(7,8)42(4,5)6)53-21-47-32-35(45-20-46-36(32)53)51-38(56)25-13-10-9-11-14-25/h9-11,13-14,20-24,27-28,30-31,34,40-41H,12,16-19,44H2,1-8H3,(H,52,59)(H,49,50,57)(H,45,46,51,56)/t24-,27-,28-,30+,31-,34-,40-,41-,67?/m1/s1. The molecule has 1 unspecified atom stereocenters.